The third-order valence-electron chi connectivity index (χ3n) is 1.21. The van der Waals surface area contributed by atoms with Crippen LogP contribution in [0, 0.1) is 0 Å². The molecule has 0 bridgehead atoms. The highest BCUT2D eigenvalue weighted by atomic mass is 35.5. The summed E-state index contributed by atoms with van der Waals surface area (Å²) in [5.74, 6) is -1.08. The van der Waals surface area contributed by atoms with E-state index in [0.717, 1.165) is 6.92 Å². The van der Waals surface area contributed by atoms with Crippen LogP contribution >= 0.6 is 0 Å². The van der Waals surface area contributed by atoms with Gasteiger partial charge in [0.2, 0.25) is 0 Å². The Morgan fingerprint density at radius 3 is 1.12 bits per heavy atom. The van der Waals surface area contributed by atoms with Crippen LogP contribution in [0.5, 0.6) is 0 Å². The van der Waals surface area contributed by atoms with Crippen LogP contribution in [0.3, 0.4) is 0 Å². The van der Waals surface area contributed by atoms with Gasteiger partial charge in [-0.1, -0.05) is 12.1 Å². The van der Waals surface area contributed by atoms with Crippen molar-refractivity contribution in [3.63, 3.8) is 0 Å². The molecule has 0 amide bonds. The Balaban J connectivity index is 0. The van der Waals surface area contributed by atoms with Crippen molar-refractivity contribution < 1.29 is 32.3 Å². The lowest BCUT2D eigenvalue weighted by atomic mass is 10.5. The van der Waals surface area contributed by atoms with Gasteiger partial charge in [0.25, 0.3) is 0 Å². The topological polar surface area (TPSA) is 68.4 Å². The number of hydrogen-bond acceptors (Lipinski definition) is 2. The van der Waals surface area contributed by atoms with Gasteiger partial charge in [0.15, 0.2) is 24.8 Å². The number of nitrogens with one attached hydrogen (secondary N) is 2. The molecule has 2 heterocycles. The Morgan fingerprint density at radius 1 is 0.824 bits per heavy atom. The summed E-state index contributed by atoms with van der Waals surface area (Å²) in [6.07, 6.45) is 7.50. The molecule has 5 heteroatoms. The maximum absolute atomic E-state index is 8.89. The molecule has 0 spiro atoms. The fraction of sp³-hybridized carbons (Fsp3) is 0.0833. The number of aromatic amines is 2. The number of H-pyrrole nitrogens is 2. The second-order valence-electron chi connectivity index (χ2n) is 2.65. The first kappa shape index (κ1) is 17.5. The molecule has 17 heavy (non-hydrogen) atoms. The largest absolute Gasteiger partial charge is 1.00 e. The summed E-state index contributed by atoms with van der Waals surface area (Å²) >= 11 is 0. The molecule has 2 N–H and O–H groups in total. The van der Waals surface area contributed by atoms with Gasteiger partial charge in [-0.2, -0.15) is 0 Å². The molecule has 0 aliphatic rings. The standard InChI is InChI=1S/2C5H5N.C2H4O2.ClH/c2*1-2-4-6-5-3-1;1-2(3)4;/h2*1-5H;1H3,(H,3,4);1H. The second-order valence-corrected chi connectivity index (χ2v) is 2.65. The quantitative estimate of drug-likeness (QED) is 0.496. The van der Waals surface area contributed by atoms with Gasteiger partial charge in [-0.05, 0) is 6.92 Å². The Labute approximate surface area is 107 Å². The maximum atomic E-state index is 8.89. The van der Waals surface area contributed by atoms with E-state index >= 15 is 0 Å². The minimum Gasteiger partial charge on any atom is -1.00 e. The molecule has 92 valence electrons. The molecular formula is C12H15ClN2O2. The van der Waals surface area contributed by atoms with E-state index in [1.807, 2.05) is 61.2 Å². The van der Waals surface area contributed by atoms with Gasteiger partial charge in [0.05, 0.1) is 0 Å². The number of carboxylic acids is 1. The fourth-order valence-electron chi connectivity index (χ4n) is 0.684. The zero-order valence-corrected chi connectivity index (χ0v) is 10.2. The van der Waals surface area contributed by atoms with Gasteiger partial charge in [0, 0.05) is 30.2 Å². The van der Waals surface area contributed by atoms with Crippen molar-refractivity contribution >= 4 is 5.97 Å². The van der Waals surface area contributed by atoms with Crippen molar-refractivity contribution in [1.29, 1.82) is 0 Å². The molecule has 0 saturated carbocycles. The molecule has 0 atom stereocenters. The summed E-state index contributed by atoms with van der Waals surface area (Å²) in [5.41, 5.74) is 0. The molecule has 2 aromatic rings. The molecule has 0 aromatic carbocycles. The highest BCUT2D eigenvalue weighted by Crippen LogP contribution is 1.68. The van der Waals surface area contributed by atoms with E-state index in [-0.39, 0.29) is 12.4 Å². The van der Waals surface area contributed by atoms with Crippen molar-refractivity contribution in [2.24, 2.45) is 0 Å². The molecule has 0 aliphatic carbocycles. The van der Waals surface area contributed by atoms with Crippen LogP contribution in [0.1, 0.15) is 6.92 Å². The third kappa shape index (κ3) is 20.2. The number of carboxylic acid groups (broad SMARTS) is 1. The summed E-state index contributed by atoms with van der Waals surface area (Å²) < 4.78 is 0. The van der Waals surface area contributed by atoms with E-state index in [1.54, 1.807) is 0 Å². The van der Waals surface area contributed by atoms with Gasteiger partial charge >= 0.3 is 0 Å². The molecule has 0 aliphatic heterocycles. The molecule has 0 saturated heterocycles. The smallest absolute Gasteiger partial charge is 0.166 e. The summed E-state index contributed by atoms with van der Waals surface area (Å²) in [6, 6.07) is 11.7. The normalized spacial score (nSPS) is 7.12. The number of hydrogen-bond donors (Lipinski definition) is 0. The lowest BCUT2D eigenvalue weighted by Gasteiger charge is -1.77. The Hall–Kier alpha value is -1.94. The zero-order chi connectivity index (χ0) is 12.1. The lowest BCUT2D eigenvalue weighted by molar-refractivity contribution is -0.378. The van der Waals surface area contributed by atoms with Gasteiger partial charge in [-0.25, -0.2) is 9.97 Å². The first-order chi connectivity index (χ1) is 7.73. The Bertz CT molecular complexity index is 268. The molecule has 4 nitrogen and oxygen atoms in total. The van der Waals surface area contributed by atoms with Crippen molar-refractivity contribution in [1.82, 2.24) is 0 Å². The van der Waals surface area contributed by atoms with Crippen molar-refractivity contribution in [2.45, 2.75) is 6.92 Å². The van der Waals surface area contributed by atoms with Crippen LogP contribution in [-0.2, 0) is 4.79 Å². The Kier molecular flexibility index (Phi) is 14.4. The summed E-state index contributed by atoms with van der Waals surface area (Å²) in [7, 11) is 0. The van der Waals surface area contributed by atoms with E-state index in [1.165, 1.54) is 0 Å². The number of aliphatic carboxylic acids is 1. The van der Waals surface area contributed by atoms with E-state index < -0.39 is 5.97 Å². The number of halogens is 1. The average Bonchev–Trinajstić information content (AvgIpc) is 2.34. The van der Waals surface area contributed by atoms with Gasteiger partial charge < -0.3 is 22.3 Å². The Morgan fingerprint density at radius 2 is 1.06 bits per heavy atom. The van der Waals surface area contributed by atoms with E-state index in [2.05, 4.69) is 9.97 Å². The summed E-state index contributed by atoms with van der Waals surface area (Å²) in [5, 5.41) is 8.89. The van der Waals surface area contributed by atoms with Crippen LogP contribution in [0.25, 0.3) is 0 Å². The van der Waals surface area contributed by atoms with Crippen molar-refractivity contribution in [3.05, 3.63) is 61.2 Å². The van der Waals surface area contributed by atoms with Crippen LogP contribution in [0.4, 0.5) is 0 Å². The first-order valence-electron chi connectivity index (χ1n) is 4.73. The van der Waals surface area contributed by atoms with Crippen molar-refractivity contribution in [3.8, 4) is 0 Å². The third-order valence-corrected chi connectivity index (χ3v) is 1.21. The predicted octanol–water partition coefficient (Wildman–Crippen LogP) is -3.24. The van der Waals surface area contributed by atoms with Crippen LogP contribution in [0.15, 0.2) is 61.2 Å². The summed E-state index contributed by atoms with van der Waals surface area (Å²) in [4.78, 5) is 14.7. The fourth-order valence-corrected chi connectivity index (χ4v) is 0.684. The highest BCUT2D eigenvalue weighted by molar-refractivity contribution is 5.60. The maximum Gasteiger partial charge on any atom is 0.166 e. The summed E-state index contributed by atoms with van der Waals surface area (Å²) in [6.45, 7) is 0.972. The number of carbonyl (C=O) groups excluding carboxylic acids is 1. The van der Waals surface area contributed by atoms with Crippen LogP contribution in [0.2, 0.25) is 0 Å². The van der Waals surface area contributed by atoms with E-state index in [9.17, 15) is 0 Å². The van der Waals surface area contributed by atoms with Gasteiger partial charge in [-0.3, -0.25) is 0 Å². The van der Waals surface area contributed by atoms with Crippen LogP contribution < -0.4 is 27.5 Å². The van der Waals surface area contributed by atoms with Gasteiger partial charge in [-0.15, -0.1) is 0 Å². The predicted molar refractivity (Wildman–Crippen MR) is 56.7 cm³/mol. The minimum atomic E-state index is -1.08. The molecule has 2 aromatic heterocycles. The van der Waals surface area contributed by atoms with Crippen LogP contribution in [-0.4, -0.2) is 5.97 Å². The molecule has 0 unspecified atom stereocenters. The molecule has 0 radical (unpaired) electrons. The molecule has 2 rings (SSSR count). The van der Waals surface area contributed by atoms with Gasteiger partial charge in [0.1, 0.15) is 0 Å². The SMILES string of the molecule is CC(=O)[O-].[Cl-].c1cc[nH+]cc1.c1cc[nH+]cc1. The first-order valence-corrected chi connectivity index (χ1v) is 4.73. The van der Waals surface area contributed by atoms with Crippen molar-refractivity contribution in [2.75, 3.05) is 0 Å². The van der Waals surface area contributed by atoms with E-state index in [4.69, 9.17) is 9.90 Å². The lowest BCUT2D eigenvalue weighted by Crippen LogP contribution is -3.00. The monoisotopic (exact) mass is 254 g/mol. The number of rotatable bonds is 0. The molecular weight excluding hydrogens is 240 g/mol. The number of carbonyl (C=O) groups is 1. The molecule has 0 fully saturated rings. The average molecular weight is 255 g/mol. The second kappa shape index (κ2) is 14.1. The number of aromatic nitrogens is 2. The van der Waals surface area contributed by atoms with E-state index in [0.29, 0.717) is 0 Å². The zero-order valence-electron chi connectivity index (χ0n) is 9.47. The number of pyridine rings is 2. The highest BCUT2D eigenvalue weighted by Gasteiger charge is 1.66. The minimum absolute atomic E-state index is 0.